The molecule has 3 aromatic rings. The zero-order valence-electron chi connectivity index (χ0n) is 26.2. The standard InChI is InChI=1S/C42H48O/c1-4-6-8-13-39-30-34(17-20-35(39)5-2)29-33-15-21-37(22-16-33)42(41(43)27-18-32-11-9-7-10-12-32)38-25-23-36(24-26-38)40-19-14-31(3)28-40/h2,7,9-12,14,17,19-20,23-26,28,30-31,33,37,42H,4,6,8,13,15-16,18,21-22,27,29H2,1,3H3. The fourth-order valence-electron chi connectivity index (χ4n) is 7.26. The molecule has 2 aliphatic carbocycles. The number of hydrogen-bond donors (Lipinski definition) is 0. The Bertz CT molecular complexity index is 1440. The van der Waals surface area contributed by atoms with E-state index >= 15 is 0 Å². The highest BCUT2D eigenvalue weighted by atomic mass is 16.1. The van der Waals surface area contributed by atoms with Crippen molar-refractivity contribution in [1.82, 2.24) is 0 Å². The average Bonchev–Trinajstić information content (AvgIpc) is 3.48. The van der Waals surface area contributed by atoms with Crippen LogP contribution in [0.4, 0.5) is 0 Å². The van der Waals surface area contributed by atoms with Crippen LogP contribution in [-0.4, -0.2) is 5.78 Å². The number of Topliss-reactive ketones (excluding diaryl/α,β-unsaturated/α-hetero) is 1. The average molecular weight is 569 g/mol. The Morgan fingerprint density at radius 1 is 0.907 bits per heavy atom. The van der Waals surface area contributed by atoms with E-state index in [0.29, 0.717) is 30.0 Å². The van der Waals surface area contributed by atoms with Crippen LogP contribution in [0, 0.1) is 30.1 Å². The third-order valence-corrected chi connectivity index (χ3v) is 9.74. The Morgan fingerprint density at radius 3 is 2.35 bits per heavy atom. The van der Waals surface area contributed by atoms with Gasteiger partial charge in [0.25, 0.3) is 0 Å². The van der Waals surface area contributed by atoms with E-state index in [4.69, 9.17) is 6.42 Å². The van der Waals surface area contributed by atoms with Crippen LogP contribution >= 0.6 is 0 Å². The van der Waals surface area contributed by atoms with Crippen LogP contribution in [0.3, 0.4) is 0 Å². The van der Waals surface area contributed by atoms with Crippen LogP contribution in [0.5, 0.6) is 0 Å². The predicted molar refractivity (Wildman–Crippen MR) is 182 cm³/mol. The maximum absolute atomic E-state index is 13.9. The molecule has 43 heavy (non-hydrogen) atoms. The first-order valence-electron chi connectivity index (χ1n) is 16.7. The second-order valence-electron chi connectivity index (χ2n) is 13.0. The summed E-state index contributed by atoms with van der Waals surface area (Å²) in [6.45, 7) is 4.46. The summed E-state index contributed by atoms with van der Waals surface area (Å²) >= 11 is 0. The SMILES string of the molecule is C#Cc1ccc(CC2CCC(C(C(=O)CCc3ccccc3)c3ccc(C4=CC(C)C=C4)cc3)CC2)cc1CCCCC. The van der Waals surface area contributed by atoms with Crippen molar-refractivity contribution in [1.29, 1.82) is 0 Å². The van der Waals surface area contributed by atoms with E-state index in [-0.39, 0.29) is 5.92 Å². The Labute approximate surface area is 260 Å². The van der Waals surface area contributed by atoms with Gasteiger partial charge in [0.1, 0.15) is 5.78 Å². The van der Waals surface area contributed by atoms with Crippen LogP contribution < -0.4 is 0 Å². The zero-order valence-corrected chi connectivity index (χ0v) is 26.2. The minimum atomic E-state index is -0.0224. The lowest BCUT2D eigenvalue weighted by atomic mass is 9.70. The van der Waals surface area contributed by atoms with E-state index in [1.807, 2.05) is 6.07 Å². The molecule has 1 fully saturated rings. The van der Waals surface area contributed by atoms with E-state index < -0.39 is 0 Å². The lowest BCUT2D eigenvalue weighted by Crippen LogP contribution is -2.27. The highest BCUT2D eigenvalue weighted by Gasteiger charge is 2.33. The van der Waals surface area contributed by atoms with Crippen molar-refractivity contribution in [3.05, 3.63) is 124 Å². The number of aryl methyl sites for hydroxylation is 2. The summed E-state index contributed by atoms with van der Waals surface area (Å²) in [4.78, 5) is 13.9. The molecule has 2 aliphatic rings. The maximum atomic E-state index is 13.9. The fourth-order valence-corrected chi connectivity index (χ4v) is 7.26. The molecule has 1 heteroatoms. The highest BCUT2D eigenvalue weighted by Crippen LogP contribution is 2.41. The number of carbonyl (C=O) groups is 1. The summed E-state index contributed by atoms with van der Waals surface area (Å²) in [6.07, 6.45) is 24.5. The quantitative estimate of drug-likeness (QED) is 0.148. The molecule has 1 saturated carbocycles. The molecule has 0 saturated heterocycles. The molecule has 2 unspecified atom stereocenters. The van der Waals surface area contributed by atoms with Crippen LogP contribution in [0.25, 0.3) is 5.57 Å². The van der Waals surface area contributed by atoms with E-state index in [0.717, 1.165) is 37.7 Å². The number of benzene rings is 3. The topological polar surface area (TPSA) is 17.1 Å². The molecule has 5 rings (SSSR count). The Kier molecular flexibility index (Phi) is 10.9. The Hall–Kier alpha value is -3.63. The van der Waals surface area contributed by atoms with Crippen molar-refractivity contribution in [2.24, 2.45) is 17.8 Å². The number of hydrogen-bond acceptors (Lipinski definition) is 1. The first-order chi connectivity index (χ1) is 21.0. The minimum Gasteiger partial charge on any atom is -0.299 e. The van der Waals surface area contributed by atoms with Crippen molar-refractivity contribution in [2.45, 2.75) is 90.4 Å². The first kappa shape index (κ1) is 30.8. The summed E-state index contributed by atoms with van der Waals surface area (Å²) in [7, 11) is 0. The van der Waals surface area contributed by atoms with Crippen LogP contribution in [-0.2, 0) is 24.1 Å². The lowest BCUT2D eigenvalue weighted by molar-refractivity contribution is -0.122. The van der Waals surface area contributed by atoms with Crippen molar-refractivity contribution in [3.8, 4) is 12.3 Å². The first-order valence-corrected chi connectivity index (χ1v) is 16.7. The van der Waals surface area contributed by atoms with Crippen molar-refractivity contribution in [2.75, 3.05) is 0 Å². The summed E-state index contributed by atoms with van der Waals surface area (Å²) < 4.78 is 0. The van der Waals surface area contributed by atoms with Crippen molar-refractivity contribution < 1.29 is 4.79 Å². The summed E-state index contributed by atoms with van der Waals surface area (Å²) in [6, 6.07) is 26.2. The molecule has 0 aromatic heterocycles. The summed E-state index contributed by atoms with van der Waals surface area (Å²) in [5.41, 5.74) is 8.79. The molecular weight excluding hydrogens is 520 g/mol. The second-order valence-corrected chi connectivity index (χ2v) is 13.0. The number of ketones is 1. The van der Waals surface area contributed by atoms with Gasteiger partial charge in [0, 0.05) is 17.9 Å². The molecule has 0 amide bonds. The van der Waals surface area contributed by atoms with Gasteiger partial charge in [0.05, 0.1) is 0 Å². The maximum Gasteiger partial charge on any atom is 0.140 e. The number of rotatable bonds is 13. The third-order valence-electron chi connectivity index (χ3n) is 9.74. The van der Waals surface area contributed by atoms with Gasteiger partial charge in [-0.15, -0.1) is 6.42 Å². The summed E-state index contributed by atoms with van der Waals surface area (Å²) in [5.74, 6) is 4.84. The van der Waals surface area contributed by atoms with E-state index in [1.54, 1.807) is 0 Å². The molecule has 0 bridgehead atoms. The Balaban J connectivity index is 1.27. The molecule has 0 N–H and O–H groups in total. The molecule has 0 aliphatic heterocycles. The molecule has 0 spiro atoms. The number of terminal acetylenes is 1. The molecule has 0 heterocycles. The highest BCUT2D eigenvalue weighted by molar-refractivity contribution is 5.86. The zero-order chi connectivity index (χ0) is 30.0. The monoisotopic (exact) mass is 568 g/mol. The van der Waals surface area contributed by atoms with Crippen LogP contribution in [0.15, 0.2) is 91.0 Å². The van der Waals surface area contributed by atoms with Gasteiger partial charge in [0.15, 0.2) is 0 Å². The van der Waals surface area contributed by atoms with Gasteiger partial charge in [-0.05, 0) is 109 Å². The van der Waals surface area contributed by atoms with Gasteiger partial charge < -0.3 is 0 Å². The van der Waals surface area contributed by atoms with Gasteiger partial charge in [-0.1, -0.05) is 118 Å². The van der Waals surface area contributed by atoms with Gasteiger partial charge >= 0.3 is 0 Å². The molecule has 0 radical (unpaired) electrons. The number of carbonyl (C=O) groups excluding carboxylic acids is 1. The molecule has 2 atom stereocenters. The minimum absolute atomic E-state index is 0.0224. The normalized spacial score (nSPS) is 20.4. The van der Waals surface area contributed by atoms with E-state index in [9.17, 15) is 4.79 Å². The molecule has 1 nitrogen and oxygen atoms in total. The predicted octanol–water partition coefficient (Wildman–Crippen LogP) is 10.3. The Morgan fingerprint density at radius 2 is 1.67 bits per heavy atom. The number of unbranched alkanes of at least 4 members (excludes halogenated alkanes) is 2. The van der Waals surface area contributed by atoms with Gasteiger partial charge in [-0.3, -0.25) is 4.79 Å². The largest absolute Gasteiger partial charge is 0.299 e. The molecule has 3 aromatic carbocycles. The lowest BCUT2D eigenvalue weighted by Gasteiger charge is -2.34. The van der Waals surface area contributed by atoms with Crippen LogP contribution in [0.2, 0.25) is 0 Å². The smallest absolute Gasteiger partial charge is 0.140 e. The van der Waals surface area contributed by atoms with Crippen molar-refractivity contribution in [3.63, 3.8) is 0 Å². The van der Waals surface area contributed by atoms with E-state index in [1.165, 1.54) is 65.5 Å². The third kappa shape index (κ3) is 8.26. The van der Waals surface area contributed by atoms with Gasteiger partial charge in [-0.25, -0.2) is 0 Å². The fraction of sp³-hybridized carbons (Fsp3) is 0.405. The molecular formula is C42H48O. The number of allylic oxidation sites excluding steroid dienone is 4. The van der Waals surface area contributed by atoms with Gasteiger partial charge in [0.2, 0.25) is 0 Å². The second kappa shape index (κ2) is 15.2. The van der Waals surface area contributed by atoms with Crippen LogP contribution in [0.1, 0.15) is 105 Å². The molecule has 222 valence electrons. The van der Waals surface area contributed by atoms with E-state index in [2.05, 4.69) is 105 Å². The van der Waals surface area contributed by atoms with Crippen molar-refractivity contribution >= 4 is 11.4 Å². The van der Waals surface area contributed by atoms with Gasteiger partial charge in [-0.2, -0.15) is 0 Å². The summed E-state index contributed by atoms with van der Waals surface area (Å²) in [5, 5.41) is 0.